The zero-order chi connectivity index (χ0) is 22.4. The zero-order valence-electron chi connectivity index (χ0n) is 17.5. The summed E-state index contributed by atoms with van der Waals surface area (Å²) in [5.74, 6) is -1.47. The van der Waals surface area contributed by atoms with Gasteiger partial charge in [-0.3, -0.25) is 19.2 Å². The van der Waals surface area contributed by atoms with Crippen molar-refractivity contribution in [3.8, 4) is 0 Å². The van der Waals surface area contributed by atoms with E-state index in [2.05, 4.69) is 5.32 Å². The monoisotopic (exact) mass is 423 g/mol. The molecule has 1 saturated heterocycles. The number of ether oxygens (including phenoxy) is 1. The Kier molecular flexibility index (Phi) is 7.02. The number of carbonyl (C=O) groups excluding carboxylic acids is 4. The molecule has 0 aromatic heterocycles. The maximum atomic E-state index is 12.4. The van der Waals surface area contributed by atoms with E-state index in [0.29, 0.717) is 24.2 Å². The van der Waals surface area contributed by atoms with Crippen LogP contribution in [0.3, 0.4) is 0 Å². The van der Waals surface area contributed by atoms with E-state index in [0.717, 1.165) is 12.1 Å². The fraction of sp³-hybridized carbons (Fsp3) is 0.304. The van der Waals surface area contributed by atoms with Crippen LogP contribution in [-0.4, -0.2) is 49.9 Å². The number of amides is 3. The minimum Gasteiger partial charge on any atom is -0.451 e. The summed E-state index contributed by atoms with van der Waals surface area (Å²) in [5, 5.41) is 2.48. The van der Waals surface area contributed by atoms with E-state index < -0.39 is 18.0 Å². The van der Waals surface area contributed by atoms with Crippen LogP contribution in [0.2, 0.25) is 0 Å². The highest BCUT2D eigenvalue weighted by Crippen LogP contribution is 2.21. The molecular weight excluding hydrogens is 398 g/mol. The molecule has 0 aliphatic carbocycles. The number of para-hydroxylation sites is 1. The van der Waals surface area contributed by atoms with Crippen molar-refractivity contribution in [2.75, 3.05) is 29.9 Å². The van der Waals surface area contributed by atoms with Crippen molar-refractivity contribution >= 4 is 35.1 Å². The van der Waals surface area contributed by atoms with E-state index >= 15 is 0 Å². The van der Waals surface area contributed by atoms with E-state index in [1.165, 1.54) is 11.8 Å². The van der Waals surface area contributed by atoms with Gasteiger partial charge in [0.1, 0.15) is 6.54 Å². The second-order valence-electron chi connectivity index (χ2n) is 7.24. The van der Waals surface area contributed by atoms with Crippen molar-refractivity contribution in [2.45, 2.75) is 25.9 Å². The molecular formula is C23H25N3O5. The molecule has 8 heteroatoms. The standard InChI is InChI=1S/C23H25N3O5/c1-16(23(30)25(2)18-7-4-3-5-8-18)31-21(28)15-24-22(29)17-10-12-19(13-11-17)26-14-6-9-20(26)27/h3-5,7-8,10-13,16H,6,9,14-15H2,1-2H3,(H,24,29)/t16-/m0/s1. The molecule has 162 valence electrons. The van der Waals surface area contributed by atoms with Crippen molar-refractivity contribution < 1.29 is 23.9 Å². The Morgan fingerprint density at radius 2 is 1.77 bits per heavy atom. The van der Waals surface area contributed by atoms with E-state index in [1.54, 1.807) is 60.5 Å². The number of benzene rings is 2. The van der Waals surface area contributed by atoms with Crippen LogP contribution in [0.25, 0.3) is 0 Å². The smallest absolute Gasteiger partial charge is 0.326 e. The highest BCUT2D eigenvalue weighted by Gasteiger charge is 2.23. The Bertz CT molecular complexity index is 959. The third-order valence-electron chi connectivity index (χ3n) is 5.04. The van der Waals surface area contributed by atoms with Gasteiger partial charge < -0.3 is 19.9 Å². The van der Waals surface area contributed by atoms with Gasteiger partial charge in [-0.05, 0) is 49.7 Å². The normalized spacial score (nSPS) is 14.1. The Labute approximate surface area is 180 Å². The van der Waals surface area contributed by atoms with Gasteiger partial charge in [0.15, 0.2) is 6.10 Å². The Morgan fingerprint density at radius 3 is 2.39 bits per heavy atom. The van der Waals surface area contributed by atoms with Crippen LogP contribution < -0.4 is 15.1 Å². The molecule has 0 radical (unpaired) electrons. The highest BCUT2D eigenvalue weighted by molar-refractivity contribution is 5.99. The molecule has 1 atom stereocenters. The Morgan fingerprint density at radius 1 is 1.10 bits per heavy atom. The minimum absolute atomic E-state index is 0.0709. The first kappa shape index (κ1) is 22.0. The topological polar surface area (TPSA) is 96.0 Å². The van der Waals surface area contributed by atoms with Crippen molar-refractivity contribution in [1.82, 2.24) is 5.32 Å². The second kappa shape index (κ2) is 9.88. The predicted molar refractivity (Wildman–Crippen MR) is 116 cm³/mol. The number of hydrogen-bond donors (Lipinski definition) is 1. The predicted octanol–water partition coefficient (Wildman–Crippen LogP) is 2.14. The fourth-order valence-electron chi connectivity index (χ4n) is 3.31. The molecule has 8 nitrogen and oxygen atoms in total. The lowest BCUT2D eigenvalue weighted by Gasteiger charge is -2.21. The molecule has 2 aromatic carbocycles. The first-order valence-electron chi connectivity index (χ1n) is 10.1. The number of likely N-dealkylation sites (N-methyl/N-ethyl adjacent to an activating group) is 1. The van der Waals surface area contributed by atoms with Crippen molar-refractivity contribution in [3.05, 3.63) is 60.2 Å². The molecule has 1 aliphatic heterocycles. The molecule has 1 fully saturated rings. The minimum atomic E-state index is -0.994. The van der Waals surface area contributed by atoms with Gasteiger partial charge >= 0.3 is 5.97 Å². The number of nitrogens with zero attached hydrogens (tertiary/aromatic N) is 2. The summed E-state index contributed by atoms with van der Waals surface area (Å²) in [6.45, 7) is 1.80. The summed E-state index contributed by atoms with van der Waals surface area (Å²) in [4.78, 5) is 51.7. The van der Waals surface area contributed by atoms with Crippen LogP contribution in [0.5, 0.6) is 0 Å². The maximum absolute atomic E-state index is 12.4. The van der Waals surface area contributed by atoms with Gasteiger partial charge in [0.05, 0.1) is 0 Å². The third-order valence-corrected chi connectivity index (χ3v) is 5.04. The summed E-state index contributed by atoms with van der Waals surface area (Å²) in [7, 11) is 1.60. The lowest BCUT2D eigenvalue weighted by molar-refractivity contribution is -0.152. The number of esters is 1. The van der Waals surface area contributed by atoms with Gasteiger partial charge in [0.25, 0.3) is 11.8 Å². The Hall–Kier alpha value is -3.68. The summed E-state index contributed by atoms with van der Waals surface area (Å²) in [6.07, 6.45) is 0.365. The second-order valence-corrected chi connectivity index (χ2v) is 7.24. The van der Waals surface area contributed by atoms with Gasteiger partial charge in [0, 0.05) is 37.0 Å². The molecule has 0 spiro atoms. The summed E-state index contributed by atoms with van der Waals surface area (Å²) < 4.78 is 5.15. The average Bonchev–Trinajstić information content (AvgIpc) is 3.22. The third kappa shape index (κ3) is 5.48. The molecule has 1 aliphatic rings. The van der Waals surface area contributed by atoms with Crippen LogP contribution in [0.1, 0.15) is 30.1 Å². The van der Waals surface area contributed by atoms with E-state index in [9.17, 15) is 19.2 Å². The number of hydrogen-bond acceptors (Lipinski definition) is 5. The molecule has 3 rings (SSSR count). The fourth-order valence-corrected chi connectivity index (χ4v) is 3.31. The molecule has 2 aromatic rings. The lowest BCUT2D eigenvalue weighted by atomic mass is 10.2. The number of anilines is 2. The summed E-state index contributed by atoms with van der Waals surface area (Å²) in [6, 6.07) is 15.6. The SMILES string of the molecule is C[C@H](OC(=O)CNC(=O)c1ccc(N2CCCC2=O)cc1)C(=O)N(C)c1ccccc1. The summed E-state index contributed by atoms with van der Waals surface area (Å²) >= 11 is 0. The first-order valence-corrected chi connectivity index (χ1v) is 10.1. The molecule has 1 N–H and O–H groups in total. The quantitative estimate of drug-likeness (QED) is 0.689. The van der Waals surface area contributed by atoms with Crippen LogP contribution in [0.4, 0.5) is 11.4 Å². The number of carbonyl (C=O) groups is 4. The van der Waals surface area contributed by atoms with Gasteiger partial charge in [-0.25, -0.2) is 0 Å². The molecule has 1 heterocycles. The number of rotatable bonds is 7. The van der Waals surface area contributed by atoms with E-state index in [1.807, 2.05) is 6.07 Å². The van der Waals surface area contributed by atoms with Crippen molar-refractivity contribution in [3.63, 3.8) is 0 Å². The maximum Gasteiger partial charge on any atom is 0.326 e. The van der Waals surface area contributed by atoms with Gasteiger partial charge in [0.2, 0.25) is 5.91 Å². The molecule has 0 unspecified atom stereocenters. The van der Waals surface area contributed by atoms with Crippen molar-refractivity contribution in [1.29, 1.82) is 0 Å². The van der Waals surface area contributed by atoms with Gasteiger partial charge in [-0.2, -0.15) is 0 Å². The first-order chi connectivity index (χ1) is 14.9. The average molecular weight is 423 g/mol. The highest BCUT2D eigenvalue weighted by atomic mass is 16.5. The lowest BCUT2D eigenvalue weighted by Crippen LogP contribution is -2.39. The molecule has 0 saturated carbocycles. The van der Waals surface area contributed by atoms with Crippen molar-refractivity contribution in [2.24, 2.45) is 0 Å². The van der Waals surface area contributed by atoms with Gasteiger partial charge in [-0.15, -0.1) is 0 Å². The Balaban J connectivity index is 1.48. The summed E-state index contributed by atoms with van der Waals surface area (Å²) in [5.41, 5.74) is 1.78. The largest absolute Gasteiger partial charge is 0.451 e. The number of nitrogens with one attached hydrogen (secondary N) is 1. The van der Waals surface area contributed by atoms with E-state index in [-0.39, 0.29) is 18.4 Å². The van der Waals surface area contributed by atoms with E-state index in [4.69, 9.17) is 4.74 Å². The molecule has 31 heavy (non-hydrogen) atoms. The molecule has 0 bridgehead atoms. The van der Waals surface area contributed by atoms with Crippen LogP contribution in [0.15, 0.2) is 54.6 Å². The van der Waals surface area contributed by atoms with Gasteiger partial charge in [-0.1, -0.05) is 18.2 Å². The molecule has 3 amide bonds. The van der Waals surface area contributed by atoms with Crippen LogP contribution >= 0.6 is 0 Å². The van der Waals surface area contributed by atoms with Crippen LogP contribution in [0, 0.1) is 0 Å². The van der Waals surface area contributed by atoms with Crippen LogP contribution in [-0.2, 0) is 19.1 Å². The zero-order valence-corrected chi connectivity index (χ0v) is 17.5.